The van der Waals surface area contributed by atoms with Crippen LogP contribution in [0.15, 0.2) is 21.6 Å². The highest BCUT2D eigenvalue weighted by Gasteiger charge is 2.29. The van der Waals surface area contributed by atoms with E-state index >= 15 is 0 Å². The number of nitrogens with zero attached hydrogens (tertiary/aromatic N) is 2. The van der Waals surface area contributed by atoms with Crippen LogP contribution < -0.4 is 10.9 Å². The fourth-order valence-corrected chi connectivity index (χ4v) is 1.86. The molecule has 2 aromatic heterocycles. The Bertz CT molecular complexity index is 705. The average Bonchev–Trinajstić information content (AvgIpc) is 3.18. The summed E-state index contributed by atoms with van der Waals surface area (Å²) in [7, 11) is 0. The summed E-state index contributed by atoms with van der Waals surface area (Å²) in [4.78, 5) is 29.5. The zero-order valence-electron chi connectivity index (χ0n) is 10.4. The first-order valence-electron chi connectivity index (χ1n) is 6.12. The van der Waals surface area contributed by atoms with Crippen molar-refractivity contribution < 1.29 is 9.32 Å². The van der Waals surface area contributed by atoms with E-state index < -0.39 is 5.56 Å². The lowest BCUT2D eigenvalue weighted by Gasteiger charge is -2.02. The molecule has 0 radical (unpaired) electrons. The van der Waals surface area contributed by atoms with Gasteiger partial charge in [0.2, 0.25) is 5.89 Å². The first-order chi connectivity index (χ1) is 9.63. The van der Waals surface area contributed by atoms with E-state index in [1.807, 2.05) is 0 Å². The minimum atomic E-state index is -0.435. The maximum atomic E-state index is 11.9. The van der Waals surface area contributed by atoms with E-state index in [4.69, 9.17) is 16.1 Å². The number of aromatic amines is 1. The van der Waals surface area contributed by atoms with Gasteiger partial charge in [-0.25, -0.2) is 0 Å². The van der Waals surface area contributed by atoms with Gasteiger partial charge < -0.3 is 14.8 Å². The van der Waals surface area contributed by atoms with Crippen LogP contribution in [0.3, 0.4) is 0 Å². The third-order valence-corrected chi connectivity index (χ3v) is 3.22. The van der Waals surface area contributed by atoms with Crippen LogP contribution in [0.4, 0.5) is 0 Å². The summed E-state index contributed by atoms with van der Waals surface area (Å²) in [5, 5.41) is 6.39. The van der Waals surface area contributed by atoms with Crippen molar-refractivity contribution in [1.29, 1.82) is 0 Å². The summed E-state index contributed by atoms with van der Waals surface area (Å²) < 4.78 is 5.08. The summed E-state index contributed by atoms with van der Waals surface area (Å²) in [5.41, 5.74) is -0.170. The van der Waals surface area contributed by atoms with Crippen molar-refractivity contribution in [3.05, 3.63) is 44.9 Å². The van der Waals surface area contributed by atoms with E-state index in [1.54, 1.807) is 0 Å². The number of H-pyrrole nitrogens is 1. The number of carbonyl (C=O) groups excluding carboxylic acids is 1. The Labute approximate surface area is 118 Å². The summed E-state index contributed by atoms with van der Waals surface area (Å²) in [6.07, 6.45) is 3.45. The van der Waals surface area contributed by atoms with Gasteiger partial charge >= 0.3 is 0 Å². The highest BCUT2D eigenvalue weighted by Crippen LogP contribution is 2.38. The molecule has 0 aliphatic heterocycles. The number of amides is 1. The molecule has 0 aromatic carbocycles. The van der Waals surface area contributed by atoms with Crippen LogP contribution in [0.5, 0.6) is 0 Å². The molecule has 1 saturated carbocycles. The highest BCUT2D eigenvalue weighted by atomic mass is 35.5. The third-order valence-electron chi connectivity index (χ3n) is 2.94. The van der Waals surface area contributed by atoms with Gasteiger partial charge in [0.1, 0.15) is 5.02 Å². The van der Waals surface area contributed by atoms with Gasteiger partial charge in [-0.1, -0.05) is 16.8 Å². The van der Waals surface area contributed by atoms with Gasteiger partial charge in [0.25, 0.3) is 11.5 Å². The number of nitrogens with one attached hydrogen (secondary N) is 2. The first kappa shape index (κ1) is 12.9. The number of pyridine rings is 1. The molecule has 3 rings (SSSR count). The SMILES string of the molecule is O=C(NCc1noc(C2CC2)n1)c1c[nH]c(=O)c(Cl)c1. The van der Waals surface area contributed by atoms with Crippen LogP contribution in [-0.4, -0.2) is 21.0 Å². The van der Waals surface area contributed by atoms with Crippen LogP contribution in [0, 0.1) is 0 Å². The molecule has 20 heavy (non-hydrogen) atoms. The molecule has 8 heteroatoms. The smallest absolute Gasteiger partial charge is 0.266 e. The number of carbonyl (C=O) groups is 1. The lowest BCUT2D eigenvalue weighted by atomic mass is 10.2. The van der Waals surface area contributed by atoms with Gasteiger partial charge in [-0.3, -0.25) is 9.59 Å². The Morgan fingerprint density at radius 1 is 1.55 bits per heavy atom. The number of rotatable bonds is 4. The number of hydrogen-bond donors (Lipinski definition) is 2. The minimum Gasteiger partial charge on any atom is -0.345 e. The van der Waals surface area contributed by atoms with Crippen molar-refractivity contribution in [3.8, 4) is 0 Å². The van der Waals surface area contributed by atoms with E-state index in [0.29, 0.717) is 17.6 Å². The predicted molar refractivity (Wildman–Crippen MR) is 69.5 cm³/mol. The molecule has 7 nitrogen and oxygen atoms in total. The van der Waals surface area contributed by atoms with Crippen LogP contribution >= 0.6 is 11.6 Å². The monoisotopic (exact) mass is 294 g/mol. The average molecular weight is 295 g/mol. The largest absolute Gasteiger partial charge is 0.345 e. The molecule has 2 heterocycles. The second-order valence-electron chi connectivity index (χ2n) is 4.57. The second kappa shape index (κ2) is 5.09. The van der Waals surface area contributed by atoms with E-state index in [9.17, 15) is 9.59 Å². The molecule has 0 atom stereocenters. The third kappa shape index (κ3) is 2.72. The minimum absolute atomic E-state index is 0.0340. The number of aromatic nitrogens is 3. The van der Waals surface area contributed by atoms with Crippen LogP contribution in [0.2, 0.25) is 5.02 Å². The van der Waals surface area contributed by atoms with E-state index in [-0.39, 0.29) is 23.0 Å². The molecule has 0 unspecified atom stereocenters. The number of hydrogen-bond acceptors (Lipinski definition) is 5. The Kier molecular flexibility index (Phi) is 3.27. The van der Waals surface area contributed by atoms with Gasteiger partial charge in [-0.05, 0) is 18.9 Å². The fourth-order valence-electron chi connectivity index (χ4n) is 1.68. The quantitative estimate of drug-likeness (QED) is 0.883. The normalized spacial score (nSPS) is 14.2. The number of halogens is 1. The lowest BCUT2D eigenvalue weighted by Crippen LogP contribution is -2.24. The molecule has 2 N–H and O–H groups in total. The van der Waals surface area contributed by atoms with E-state index in [2.05, 4.69) is 20.4 Å². The Morgan fingerprint density at radius 2 is 2.35 bits per heavy atom. The molecule has 1 aliphatic carbocycles. The summed E-state index contributed by atoms with van der Waals surface area (Å²) in [6, 6.07) is 1.31. The highest BCUT2D eigenvalue weighted by molar-refractivity contribution is 6.30. The standard InChI is InChI=1S/C12H11ClN4O3/c13-8-3-7(4-14-11(8)19)10(18)15-5-9-16-12(20-17-9)6-1-2-6/h3-4,6H,1-2,5H2,(H,14,19)(H,15,18). The Balaban J connectivity index is 1.63. The van der Waals surface area contributed by atoms with Crippen LogP contribution in [0.1, 0.15) is 40.8 Å². The van der Waals surface area contributed by atoms with Gasteiger partial charge in [-0.15, -0.1) is 0 Å². The summed E-state index contributed by atoms with van der Waals surface area (Å²) in [5.74, 6) is 1.06. The zero-order chi connectivity index (χ0) is 14.1. The maximum Gasteiger partial charge on any atom is 0.266 e. The second-order valence-corrected chi connectivity index (χ2v) is 4.98. The van der Waals surface area contributed by atoms with Crippen molar-refractivity contribution in [3.63, 3.8) is 0 Å². The molecule has 104 valence electrons. The first-order valence-corrected chi connectivity index (χ1v) is 6.50. The lowest BCUT2D eigenvalue weighted by molar-refractivity contribution is 0.0949. The molecule has 1 fully saturated rings. The topological polar surface area (TPSA) is 101 Å². The molecule has 0 spiro atoms. The van der Waals surface area contributed by atoms with Crippen molar-refractivity contribution >= 4 is 17.5 Å². The van der Waals surface area contributed by atoms with E-state index in [0.717, 1.165) is 12.8 Å². The molecule has 0 saturated heterocycles. The van der Waals surface area contributed by atoms with Gasteiger partial charge in [0, 0.05) is 12.1 Å². The van der Waals surface area contributed by atoms with Gasteiger partial charge in [0.05, 0.1) is 12.1 Å². The molecule has 2 aromatic rings. The van der Waals surface area contributed by atoms with Crippen molar-refractivity contribution in [2.24, 2.45) is 0 Å². The zero-order valence-corrected chi connectivity index (χ0v) is 11.1. The van der Waals surface area contributed by atoms with Crippen molar-refractivity contribution in [2.75, 3.05) is 0 Å². The van der Waals surface area contributed by atoms with E-state index in [1.165, 1.54) is 12.3 Å². The van der Waals surface area contributed by atoms with Crippen LogP contribution in [0.25, 0.3) is 0 Å². The summed E-state index contributed by atoms with van der Waals surface area (Å²) in [6.45, 7) is 0.159. The molecule has 1 aliphatic rings. The van der Waals surface area contributed by atoms with Gasteiger partial charge in [0.15, 0.2) is 5.82 Å². The molecular weight excluding hydrogens is 284 g/mol. The van der Waals surface area contributed by atoms with Gasteiger partial charge in [-0.2, -0.15) is 4.98 Å². The Morgan fingerprint density at radius 3 is 3.05 bits per heavy atom. The maximum absolute atomic E-state index is 11.9. The van der Waals surface area contributed by atoms with Crippen LogP contribution in [-0.2, 0) is 6.54 Å². The predicted octanol–water partition coefficient (Wildman–Crippen LogP) is 1.22. The van der Waals surface area contributed by atoms with Crippen molar-refractivity contribution in [2.45, 2.75) is 25.3 Å². The molecular formula is C12H11ClN4O3. The Hall–Kier alpha value is -2.15. The molecule has 1 amide bonds. The summed E-state index contributed by atoms with van der Waals surface area (Å²) >= 11 is 5.66. The molecule has 0 bridgehead atoms. The fraction of sp³-hybridized carbons (Fsp3) is 0.333. The van der Waals surface area contributed by atoms with Crippen molar-refractivity contribution in [1.82, 2.24) is 20.4 Å².